The molecule has 7 nitrogen and oxygen atoms in total. The number of nitrogens with zero attached hydrogens (tertiary/aromatic N) is 4. The number of hydrogen-bond donors (Lipinski definition) is 1. The van der Waals surface area contributed by atoms with Crippen molar-refractivity contribution in [2.24, 2.45) is 0 Å². The van der Waals surface area contributed by atoms with E-state index in [-0.39, 0.29) is 18.7 Å². The third kappa shape index (κ3) is 6.20. The third-order valence-electron chi connectivity index (χ3n) is 4.00. The Morgan fingerprint density at radius 3 is 2.41 bits per heavy atom. The molecule has 0 aromatic carbocycles. The van der Waals surface area contributed by atoms with Crippen LogP contribution in [-0.2, 0) is 17.2 Å². The van der Waals surface area contributed by atoms with Crippen LogP contribution >= 0.6 is 0 Å². The number of halogens is 2. The van der Waals surface area contributed by atoms with Crippen molar-refractivity contribution in [1.82, 2.24) is 25.1 Å². The lowest BCUT2D eigenvalue weighted by Gasteiger charge is -2.29. The molecule has 9 heteroatoms. The molecule has 160 valence electrons. The molecule has 2 aromatic heterocycles. The smallest absolute Gasteiger partial charge is 0.408 e. The Hall–Kier alpha value is -2.58. The van der Waals surface area contributed by atoms with Gasteiger partial charge in [-0.05, 0) is 47.6 Å². The van der Waals surface area contributed by atoms with Gasteiger partial charge in [-0.2, -0.15) is 13.9 Å². The third-order valence-corrected chi connectivity index (χ3v) is 4.00. The van der Waals surface area contributed by atoms with E-state index in [0.717, 1.165) is 0 Å². The minimum absolute atomic E-state index is 0.136. The summed E-state index contributed by atoms with van der Waals surface area (Å²) in [4.78, 5) is 20.7. The van der Waals surface area contributed by atoms with Crippen molar-refractivity contribution in [3.63, 3.8) is 0 Å². The molecule has 0 radical (unpaired) electrons. The van der Waals surface area contributed by atoms with Crippen LogP contribution < -0.4 is 5.32 Å². The lowest BCUT2D eigenvalue weighted by molar-refractivity contribution is -0.0136. The molecule has 2 rings (SSSR count). The predicted octanol–water partition coefficient (Wildman–Crippen LogP) is 4.45. The lowest BCUT2D eigenvalue weighted by atomic mass is 10.1. The molecule has 2 aromatic rings. The average Bonchev–Trinajstić information content (AvgIpc) is 2.96. The maximum atomic E-state index is 14.3. The summed E-state index contributed by atoms with van der Waals surface area (Å²) in [6, 6.07) is 1.33. The Morgan fingerprint density at radius 1 is 1.21 bits per heavy atom. The summed E-state index contributed by atoms with van der Waals surface area (Å²) >= 11 is 0. The van der Waals surface area contributed by atoms with Gasteiger partial charge in [-0.15, -0.1) is 0 Å². The largest absolute Gasteiger partial charge is 0.444 e. The summed E-state index contributed by atoms with van der Waals surface area (Å²) in [5, 5.41) is 6.90. The van der Waals surface area contributed by atoms with E-state index in [4.69, 9.17) is 4.74 Å². The van der Waals surface area contributed by atoms with E-state index in [1.165, 1.54) is 23.9 Å². The summed E-state index contributed by atoms with van der Waals surface area (Å²) in [6.07, 6.45) is 2.12. The summed E-state index contributed by atoms with van der Waals surface area (Å²) in [6.45, 7) is 12.1. The summed E-state index contributed by atoms with van der Waals surface area (Å²) in [5.74, 6) is -3.07. The van der Waals surface area contributed by atoms with Crippen LogP contribution in [-0.4, -0.2) is 37.0 Å². The number of carbonyl (C=O) groups excluding carboxylic acids is 1. The van der Waals surface area contributed by atoms with E-state index < -0.39 is 23.2 Å². The van der Waals surface area contributed by atoms with Gasteiger partial charge in [-0.3, -0.25) is 9.67 Å². The number of aromatic nitrogens is 4. The second-order valence-electron chi connectivity index (χ2n) is 8.69. The lowest BCUT2D eigenvalue weighted by Crippen LogP contribution is -2.48. The minimum atomic E-state index is -3.07. The highest BCUT2D eigenvalue weighted by atomic mass is 19.3. The first-order valence-corrected chi connectivity index (χ1v) is 9.49. The zero-order valence-electron chi connectivity index (χ0n) is 18.0. The van der Waals surface area contributed by atoms with Gasteiger partial charge in [0.1, 0.15) is 17.0 Å². The fourth-order valence-electron chi connectivity index (χ4n) is 2.68. The molecule has 29 heavy (non-hydrogen) atoms. The van der Waals surface area contributed by atoms with Crippen molar-refractivity contribution in [1.29, 1.82) is 0 Å². The summed E-state index contributed by atoms with van der Waals surface area (Å²) in [5.41, 5.74) is -0.312. The number of hydrogen-bond acceptors (Lipinski definition) is 5. The van der Waals surface area contributed by atoms with Gasteiger partial charge in [-0.1, -0.05) is 6.92 Å². The molecular weight excluding hydrogens is 380 g/mol. The van der Waals surface area contributed by atoms with Crippen molar-refractivity contribution in [3.05, 3.63) is 29.8 Å². The molecular formula is C20H29F2N5O2. The molecule has 0 saturated heterocycles. The molecule has 0 saturated carbocycles. The quantitative estimate of drug-likeness (QED) is 0.762. The van der Waals surface area contributed by atoms with E-state index in [1.54, 1.807) is 47.7 Å². The molecule has 0 aliphatic heterocycles. The van der Waals surface area contributed by atoms with Gasteiger partial charge in [0.25, 0.3) is 5.92 Å². The molecule has 0 fully saturated rings. The first kappa shape index (κ1) is 22.7. The van der Waals surface area contributed by atoms with Crippen LogP contribution in [0.15, 0.2) is 18.5 Å². The zero-order valence-corrected chi connectivity index (χ0v) is 18.0. The molecule has 0 aliphatic rings. The zero-order chi connectivity index (χ0) is 22.0. The summed E-state index contributed by atoms with van der Waals surface area (Å²) in [7, 11) is 0. The van der Waals surface area contributed by atoms with Gasteiger partial charge in [0.15, 0.2) is 0 Å². The number of alkyl halides is 2. The summed E-state index contributed by atoms with van der Waals surface area (Å²) < 4.78 is 35.3. The van der Waals surface area contributed by atoms with Gasteiger partial charge >= 0.3 is 6.09 Å². The fraction of sp³-hybridized carbons (Fsp3) is 0.600. The molecule has 1 N–H and O–H groups in total. The Balaban J connectivity index is 2.38. The number of nitrogens with one attached hydrogen (secondary N) is 1. The first-order valence-electron chi connectivity index (χ1n) is 9.49. The van der Waals surface area contributed by atoms with Crippen LogP contribution in [0.1, 0.15) is 59.4 Å². The molecule has 0 atom stereocenters. The topological polar surface area (TPSA) is 81.9 Å². The van der Waals surface area contributed by atoms with Crippen molar-refractivity contribution < 1.29 is 18.3 Å². The maximum absolute atomic E-state index is 14.3. The van der Waals surface area contributed by atoms with Crippen LogP contribution in [0.4, 0.5) is 13.6 Å². The van der Waals surface area contributed by atoms with Crippen LogP contribution in [0.2, 0.25) is 0 Å². The van der Waals surface area contributed by atoms with Crippen molar-refractivity contribution in [3.8, 4) is 11.4 Å². The number of alkyl carbamates (subject to hydrolysis) is 1. The highest BCUT2D eigenvalue weighted by molar-refractivity contribution is 5.68. The second-order valence-corrected chi connectivity index (χ2v) is 8.69. The van der Waals surface area contributed by atoms with Gasteiger partial charge in [0.2, 0.25) is 0 Å². The monoisotopic (exact) mass is 409 g/mol. The van der Waals surface area contributed by atoms with Crippen molar-refractivity contribution in [2.75, 3.05) is 0 Å². The van der Waals surface area contributed by atoms with Gasteiger partial charge in [0.05, 0.1) is 29.7 Å². The molecule has 0 aliphatic carbocycles. The van der Waals surface area contributed by atoms with E-state index in [9.17, 15) is 13.6 Å². The van der Waals surface area contributed by atoms with E-state index in [1.807, 2.05) is 0 Å². The number of ether oxygens (including phenoxy) is 1. The molecule has 0 bridgehead atoms. The van der Waals surface area contributed by atoms with Crippen LogP contribution in [0.25, 0.3) is 11.4 Å². The molecule has 2 heterocycles. The standard InChI is InChI=1S/C20H29F2N5O2/c1-8-20(21,22)16-9-15(14-11-23-10-13(2)24-14)27(26-16)12-19(6,7)25-17(28)29-18(3,4)5/h9-11H,8,12H2,1-7H3,(H,25,28). The van der Waals surface area contributed by atoms with Crippen molar-refractivity contribution >= 4 is 6.09 Å². The Labute approximate surface area is 169 Å². The van der Waals surface area contributed by atoms with E-state index in [2.05, 4.69) is 20.4 Å². The number of rotatable bonds is 6. The van der Waals surface area contributed by atoms with Gasteiger partial charge in [0, 0.05) is 12.6 Å². The number of aryl methyl sites for hydroxylation is 1. The van der Waals surface area contributed by atoms with Gasteiger partial charge < -0.3 is 10.1 Å². The Kier molecular flexibility index (Phi) is 6.30. The van der Waals surface area contributed by atoms with Crippen LogP contribution in [0, 0.1) is 6.92 Å². The highest BCUT2D eigenvalue weighted by Crippen LogP contribution is 2.33. The minimum Gasteiger partial charge on any atom is -0.444 e. The maximum Gasteiger partial charge on any atom is 0.408 e. The molecule has 0 unspecified atom stereocenters. The van der Waals surface area contributed by atoms with Gasteiger partial charge in [-0.25, -0.2) is 9.78 Å². The highest BCUT2D eigenvalue weighted by Gasteiger charge is 2.35. The fourth-order valence-corrected chi connectivity index (χ4v) is 2.68. The normalized spacial score (nSPS) is 12.7. The van der Waals surface area contributed by atoms with E-state index >= 15 is 0 Å². The SMILES string of the molecule is CCC(F)(F)c1cc(-c2cncc(C)n2)n(CC(C)(C)NC(=O)OC(C)(C)C)n1. The van der Waals surface area contributed by atoms with Crippen molar-refractivity contribution in [2.45, 2.75) is 78.5 Å². The van der Waals surface area contributed by atoms with Crippen LogP contribution in [0.5, 0.6) is 0 Å². The Bertz CT molecular complexity index is 872. The Morgan fingerprint density at radius 2 is 1.86 bits per heavy atom. The van der Waals surface area contributed by atoms with Crippen LogP contribution in [0.3, 0.4) is 0 Å². The van der Waals surface area contributed by atoms with E-state index in [0.29, 0.717) is 17.1 Å². The predicted molar refractivity (Wildman–Crippen MR) is 106 cm³/mol. The molecule has 0 spiro atoms. The number of amides is 1. The number of carbonyl (C=O) groups is 1. The first-order chi connectivity index (χ1) is 13.2. The second kappa shape index (κ2) is 8.04. The average molecular weight is 409 g/mol. The molecule has 1 amide bonds.